The first-order valence-electron chi connectivity index (χ1n) is 0.224. The van der Waals surface area contributed by atoms with E-state index in [2.05, 4.69) is 0 Å². The molecule has 0 fully saturated rings. The van der Waals surface area contributed by atoms with E-state index in [-0.39, 0.29) is 77.3 Å². The molecule has 0 saturated heterocycles. The van der Waals surface area contributed by atoms with Crippen molar-refractivity contribution in [1.29, 1.82) is 5.26 Å². The van der Waals surface area contributed by atoms with E-state index in [9.17, 15) is 0 Å². The van der Waals surface area contributed by atoms with Gasteiger partial charge in [0, 0.05) is 0 Å². The summed E-state index contributed by atoms with van der Waals surface area (Å²) in [4.78, 5) is 0. The molecule has 0 atom stereocenters. The summed E-state index contributed by atoms with van der Waals surface area (Å²) in [7, 11) is 0. The van der Waals surface area contributed by atoms with Gasteiger partial charge in [-0.15, -0.1) is 0 Å². The quantitative estimate of drug-likeness (QED) is 0.271. The van der Waals surface area contributed by atoms with E-state index >= 15 is 0 Å². The maximum absolute atomic E-state index is 6.25. The molecule has 0 spiro atoms. The molecule has 0 aliphatic carbocycles. The van der Waals surface area contributed by atoms with Crippen LogP contribution in [0.25, 0.3) is 0 Å². The van der Waals surface area contributed by atoms with Crippen LogP contribution in [0, 0.1) is 19.3 Å². The van der Waals surface area contributed by atoms with E-state index in [0.29, 0.717) is 0 Å². The molecule has 0 aromatic rings. The third-order valence-electron chi connectivity index (χ3n) is 0. The van der Waals surface area contributed by atoms with E-state index in [1.165, 1.54) is 0 Å². The van der Waals surface area contributed by atoms with Gasteiger partial charge in [0.05, 0.1) is 0 Å². The first kappa shape index (κ1) is 30.3. The maximum atomic E-state index is 6.25. The Morgan fingerprint density at radius 2 is 1.40 bits per heavy atom. The van der Waals surface area contributed by atoms with Crippen LogP contribution in [0.5, 0.6) is 0 Å². The minimum Gasteiger partial charge on any atom is -1.00 e. The van der Waals surface area contributed by atoms with Crippen LogP contribution in [0.15, 0.2) is 0 Å². The molecule has 1 nitrogen and oxygen atoms in total. The van der Waals surface area contributed by atoms with Gasteiger partial charge in [0.1, 0.15) is 0 Å². The molecule has 0 saturated carbocycles. The molecule has 0 aromatic carbocycles. The summed E-state index contributed by atoms with van der Waals surface area (Å²) < 4.78 is 0. The maximum Gasteiger partial charge on any atom is 2.00 e. The summed E-state index contributed by atoms with van der Waals surface area (Å²) in [6.07, 6.45) is 0. The summed E-state index contributed by atoms with van der Waals surface area (Å²) >= 11 is 0. The normalized spacial score (nSPS) is 0.400. The Hall–Kier alpha value is 1.65. The molecule has 0 heterocycles. The van der Waals surface area contributed by atoms with Crippen molar-refractivity contribution >= 4 is 0 Å². The van der Waals surface area contributed by atoms with Gasteiger partial charge in [0.2, 0.25) is 0 Å². The third kappa shape index (κ3) is 27.7. The van der Waals surface area contributed by atoms with Crippen LogP contribution in [-0.4, -0.2) is 0 Å². The van der Waals surface area contributed by atoms with Gasteiger partial charge in [-0.25, -0.2) is 0 Å². The Morgan fingerprint density at radius 3 is 1.40 bits per heavy atom. The van der Waals surface area contributed by atoms with Gasteiger partial charge in [-0.05, 0) is 0 Å². The molecule has 0 rings (SSSR count). The molecule has 0 N–H and O–H groups in total. The summed E-state index contributed by atoms with van der Waals surface area (Å²) in [5, 5.41) is 6.25. The van der Waals surface area contributed by atoms with Crippen LogP contribution in [-0.2, 0) is 17.1 Å². The van der Waals surface area contributed by atoms with Crippen molar-refractivity contribution in [2.75, 3.05) is 0 Å². The smallest absolute Gasteiger partial charge is 1.00 e. The van der Waals surface area contributed by atoms with Crippen LogP contribution in [0.4, 0.5) is 0 Å². The van der Waals surface area contributed by atoms with Crippen molar-refractivity contribution in [1.82, 2.24) is 0 Å². The Kier molecular flexibility index (Phi) is 272. The fraction of sp³-hybridized carbons (Fsp3) is 0. The van der Waals surface area contributed by atoms with Crippen LogP contribution in [0.3, 0.4) is 0 Å². The van der Waals surface area contributed by atoms with Crippen LogP contribution in [0.1, 0.15) is 1.43 Å². The second kappa shape index (κ2) is 45.0. The molecule has 0 unspecified atom stereocenters. The first-order valence-corrected chi connectivity index (χ1v) is 0.224. The molecule has 0 bridgehead atoms. The zero-order valence-electron chi connectivity index (χ0n) is 4.30. The van der Waals surface area contributed by atoms with Crippen molar-refractivity contribution in [3.8, 4) is 0 Å². The number of hydrogen-bond acceptors (Lipinski definition) is 1. The standard InChI is InChI=1S/CN.CH3.Fe.K.H/c1-2;;;;/h;1H3;;;/q2*-1;+2;+1;-1. The molecule has 0 radical (unpaired) electrons. The molecule has 0 amide bonds. The van der Waals surface area contributed by atoms with E-state index < -0.39 is 0 Å². The Bertz CT molecular complexity index is 18.3. The van der Waals surface area contributed by atoms with Gasteiger partial charge in [-0.3, -0.25) is 0 Å². The molecule has 0 aromatic heterocycles. The predicted octanol–water partition coefficient (Wildman–Crippen LogP) is -2.34. The zero-order chi connectivity index (χ0) is 2.00. The van der Waals surface area contributed by atoms with Gasteiger partial charge in [0.15, 0.2) is 0 Å². The van der Waals surface area contributed by atoms with Gasteiger partial charge in [-0.2, -0.15) is 0 Å². The molecule has 0 aliphatic rings. The van der Waals surface area contributed by atoms with Crippen molar-refractivity contribution in [2.24, 2.45) is 0 Å². The van der Waals surface area contributed by atoms with Crippen molar-refractivity contribution in [2.45, 2.75) is 0 Å². The predicted molar refractivity (Wildman–Crippen MR) is 12.5 cm³/mol. The molecular formula is C2H4FeKN. The van der Waals surface area contributed by atoms with E-state index in [1.54, 1.807) is 0 Å². The largest absolute Gasteiger partial charge is 2.00 e. The minimum atomic E-state index is 0. The summed E-state index contributed by atoms with van der Waals surface area (Å²) in [5.41, 5.74) is 0. The molecule has 5 heavy (non-hydrogen) atoms. The van der Waals surface area contributed by atoms with Gasteiger partial charge < -0.3 is 20.7 Å². The van der Waals surface area contributed by atoms with Crippen LogP contribution < -0.4 is 51.4 Å². The van der Waals surface area contributed by atoms with Crippen molar-refractivity contribution < 1.29 is 69.9 Å². The number of nitrogens with zero attached hydrogens (tertiary/aromatic N) is 1. The minimum absolute atomic E-state index is 0. The average molecular weight is 137 g/mol. The zero-order valence-corrected chi connectivity index (χ0v) is 7.53. The van der Waals surface area contributed by atoms with Crippen LogP contribution >= 0.6 is 0 Å². The Morgan fingerprint density at radius 1 is 1.40 bits per heavy atom. The summed E-state index contributed by atoms with van der Waals surface area (Å²) in [6.45, 7) is 4.75. The molecular weight excluding hydrogens is 133 g/mol. The number of hydrogen-bond donors (Lipinski definition) is 0. The third-order valence-corrected chi connectivity index (χ3v) is 0. The van der Waals surface area contributed by atoms with E-state index in [4.69, 9.17) is 11.8 Å². The van der Waals surface area contributed by atoms with Crippen LogP contribution in [0.2, 0.25) is 0 Å². The molecule has 0 aliphatic heterocycles. The second-order valence-corrected chi connectivity index (χ2v) is 0. The SMILES string of the molecule is [C-]#N.[CH3-].[Fe+2].[H-].[K+]. The van der Waals surface area contributed by atoms with Gasteiger partial charge in [0.25, 0.3) is 0 Å². The van der Waals surface area contributed by atoms with E-state index in [1.807, 2.05) is 0 Å². The first-order chi connectivity index (χ1) is 1.00. The average Bonchev–Trinajstić information content (AvgIpc) is 1.00. The fourth-order valence-electron chi connectivity index (χ4n) is 0. The fourth-order valence-corrected chi connectivity index (χ4v) is 0. The summed E-state index contributed by atoms with van der Waals surface area (Å²) in [6, 6.07) is 0. The second-order valence-electron chi connectivity index (χ2n) is 0. The van der Waals surface area contributed by atoms with E-state index in [0.717, 1.165) is 0 Å². The topological polar surface area (TPSA) is 23.8 Å². The molecule has 3 heteroatoms. The monoisotopic (exact) mass is 137 g/mol. The Labute approximate surface area is 87.5 Å². The van der Waals surface area contributed by atoms with Gasteiger partial charge in [-0.1, -0.05) is 0 Å². The molecule has 26 valence electrons. The Balaban J connectivity index is -0.000000000833. The van der Waals surface area contributed by atoms with Crippen molar-refractivity contribution in [3.63, 3.8) is 0 Å². The number of rotatable bonds is 0. The van der Waals surface area contributed by atoms with Crippen molar-refractivity contribution in [3.05, 3.63) is 14.0 Å². The van der Waals surface area contributed by atoms with Gasteiger partial charge >= 0.3 is 68.5 Å². The summed E-state index contributed by atoms with van der Waals surface area (Å²) in [5.74, 6) is 0.